The molecule has 1 fully saturated rings. The molecular weight excluding hydrogens is 336 g/mol. The molecule has 1 saturated heterocycles. The number of nitrogens with zero attached hydrogens (tertiary/aromatic N) is 2. The van der Waals surface area contributed by atoms with Crippen LogP contribution in [0.25, 0.3) is 0 Å². The van der Waals surface area contributed by atoms with E-state index in [1.165, 1.54) is 11.3 Å². The lowest BCUT2D eigenvalue weighted by Gasteiger charge is -2.25. The molecule has 1 atom stereocenters. The molecule has 2 aromatic rings. The first-order valence-electron chi connectivity index (χ1n) is 8.62. The van der Waals surface area contributed by atoms with Crippen LogP contribution in [0.3, 0.4) is 0 Å². The second-order valence-electron chi connectivity index (χ2n) is 6.59. The van der Waals surface area contributed by atoms with Crippen LogP contribution in [0.2, 0.25) is 0 Å². The standard InChI is InChI=1S/C18H24N4O2S/c1-11-6-9-22(14-4-7-19-8-5-14)18(24)15(11)16(23)21-13(3)17-20-12(2)10-25-17/h6,9-10,13-14,19H,4-5,7-8H2,1-3H3,(H,21,23). The highest BCUT2D eigenvalue weighted by atomic mass is 32.1. The molecule has 2 aromatic heterocycles. The molecule has 2 N–H and O–H groups in total. The Kier molecular flexibility index (Phi) is 5.34. The van der Waals surface area contributed by atoms with Crippen LogP contribution in [0.1, 0.15) is 58.5 Å². The molecule has 134 valence electrons. The zero-order valence-corrected chi connectivity index (χ0v) is 15.7. The van der Waals surface area contributed by atoms with Crippen molar-refractivity contribution >= 4 is 17.2 Å². The van der Waals surface area contributed by atoms with E-state index < -0.39 is 0 Å². The molecular formula is C18H24N4O2S. The van der Waals surface area contributed by atoms with Crippen LogP contribution in [0.15, 0.2) is 22.4 Å². The zero-order chi connectivity index (χ0) is 18.0. The molecule has 0 aliphatic carbocycles. The van der Waals surface area contributed by atoms with Crippen molar-refractivity contribution in [2.75, 3.05) is 13.1 Å². The lowest BCUT2D eigenvalue weighted by atomic mass is 10.0. The fourth-order valence-electron chi connectivity index (χ4n) is 3.19. The zero-order valence-electron chi connectivity index (χ0n) is 14.8. The minimum atomic E-state index is -0.328. The predicted molar refractivity (Wildman–Crippen MR) is 99.3 cm³/mol. The topological polar surface area (TPSA) is 76.0 Å². The van der Waals surface area contributed by atoms with E-state index in [0.717, 1.165) is 36.6 Å². The van der Waals surface area contributed by atoms with E-state index in [2.05, 4.69) is 15.6 Å². The number of pyridine rings is 1. The van der Waals surface area contributed by atoms with Crippen LogP contribution >= 0.6 is 11.3 Å². The molecule has 25 heavy (non-hydrogen) atoms. The minimum Gasteiger partial charge on any atom is -0.343 e. The monoisotopic (exact) mass is 360 g/mol. The number of aryl methyl sites for hydroxylation is 2. The second-order valence-corrected chi connectivity index (χ2v) is 7.48. The number of hydrogen-bond acceptors (Lipinski definition) is 5. The summed E-state index contributed by atoms with van der Waals surface area (Å²) in [6.07, 6.45) is 3.62. The molecule has 3 rings (SSSR count). The highest BCUT2D eigenvalue weighted by molar-refractivity contribution is 7.09. The van der Waals surface area contributed by atoms with E-state index in [4.69, 9.17) is 0 Å². The maximum absolute atomic E-state index is 12.9. The van der Waals surface area contributed by atoms with Gasteiger partial charge in [0.2, 0.25) is 0 Å². The summed E-state index contributed by atoms with van der Waals surface area (Å²) in [7, 11) is 0. The molecule has 6 nitrogen and oxygen atoms in total. The Labute approximate surface area is 151 Å². The third kappa shape index (κ3) is 3.82. The van der Waals surface area contributed by atoms with Crippen LogP contribution < -0.4 is 16.2 Å². The SMILES string of the molecule is Cc1csc(C(C)NC(=O)c2c(C)ccn(C3CCNCC3)c2=O)n1. The Hall–Kier alpha value is -1.99. The summed E-state index contributed by atoms with van der Waals surface area (Å²) in [4.78, 5) is 30.1. The van der Waals surface area contributed by atoms with Gasteiger partial charge in [0.05, 0.1) is 6.04 Å². The summed E-state index contributed by atoms with van der Waals surface area (Å²) in [5.74, 6) is -0.328. The number of thiazole rings is 1. The fourth-order valence-corrected chi connectivity index (χ4v) is 3.99. The van der Waals surface area contributed by atoms with Crippen molar-refractivity contribution in [2.45, 2.75) is 45.7 Å². The lowest BCUT2D eigenvalue weighted by Crippen LogP contribution is -2.39. The molecule has 0 radical (unpaired) electrons. The Morgan fingerprint density at radius 1 is 1.40 bits per heavy atom. The first-order valence-corrected chi connectivity index (χ1v) is 9.50. The molecule has 1 aliphatic rings. The van der Waals surface area contributed by atoms with Crippen molar-refractivity contribution in [3.8, 4) is 0 Å². The number of nitrogens with one attached hydrogen (secondary N) is 2. The van der Waals surface area contributed by atoms with Gasteiger partial charge in [0.1, 0.15) is 10.6 Å². The van der Waals surface area contributed by atoms with E-state index >= 15 is 0 Å². The van der Waals surface area contributed by atoms with Gasteiger partial charge in [-0.15, -0.1) is 11.3 Å². The van der Waals surface area contributed by atoms with Crippen molar-refractivity contribution in [1.82, 2.24) is 20.2 Å². The number of carbonyl (C=O) groups is 1. The summed E-state index contributed by atoms with van der Waals surface area (Å²) in [6, 6.07) is 1.79. The van der Waals surface area contributed by atoms with E-state index in [0.29, 0.717) is 5.56 Å². The molecule has 7 heteroatoms. The highest BCUT2D eigenvalue weighted by Gasteiger charge is 2.23. The second kappa shape index (κ2) is 7.49. The van der Waals surface area contributed by atoms with Gasteiger partial charge in [0.15, 0.2) is 0 Å². The van der Waals surface area contributed by atoms with Crippen molar-refractivity contribution in [1.29, 1.82) is 0 Å². The third-order valence-electron chi connectivity index (χ3n) is 4.61. The first kappa shape index (κ1) is 17.8. The molecule has 0 spiro atoms. The minimum absolute atomic E-state index is 0.153. The molecule has 3 heterocycles. The molecule has 1 amide bonds. The fraction of sp³-hybridized carbons (Fsp3) is 0.500. The Morgan fingerprint density at radius 2 is 2.12 bits per heavy atom. The highest BCUT2D eigenvalue weighted by Crippen LogP contribution is 2.19. The number of aromatic nitrogens is 2. The molecule has 1 aliphatic heterocycles. The van der Waals surface area contributed by atoms with Gasteiger partial charge in [0, 0.05) is 23.3 Å². The largest absolute Gasteiger partial charge is 0.343 e. The summed E-state index contributed by atoms with van der Waals surface area (Å²) >= 11 is 1.51. The van der Waals surface area contributed by atoms with E-state index in [1.54, 1.807) is 11.5 Å². The van der Waals surface area contributed by atoms with Crippen molar-refractivity contribution < 1.29 is 4.79 Å². The number of rotatable bonds is 4. The summed E-state index contributed by atoms with van der Waals surface area (Å²) in [6.45, 7) is 7.41. The molecule has 0 saturated carbocycles. The maximum Gasteiger partial charge on any atom is 0.263 e. The van der Waals surface area contributed by atoms with Gasteiger partial charge in [-0.3, -0.25) is 9.59 Å². The van der Waals surface area contributed by atoms with Gasteiger partial charge in [-0.1, -0.05) is 0 Å². The average molecular weight is 360 g/mol. The summed E-state index contributed by atoms with van der Waals surface area (Å²) in [5, 5.41) is 9.02. The Bertz CT molecular complexity index is 821. The smallest absolute Gasteiger partial charge is 0.263 e. The predicted octanol–water partition coefficient (Wildman–Crippen LogP) is 2.34. The van der Waals surface area contributed by atoms with E-state index in [9.17, 15) is 9.59 Å². The van der Waals surface area contributed by atoms with E-state index in [-0.39, 0.29) is 29.1 Å². The molecule has 1 unspecified atom stereocenters. The van der Waals surface area contributed by atoms with Crippen LogP contribution in [-0.2, 0) is 0 Å². The van der Waals surface area contributed by atoms with Crippen molar-refractivity contribution in [3.63, 3.8) is 0 Å². The summed E-state index contributed by atoms with van der Waals surface area (Å²) < 4.78 is 1.72. The maximum atomic E-state index is 12.9. The van der Waals surface area contributed by atoms with Crippen LogP contribution in [0.4, 0.5) is 0 Å². The number of piperidine rings is 1. The average Bonchev–Trinajstić information content (AvgIpc) is 3.02. The Morgan fingerprint density at radius 3 is 2.76 bits per heavy atom. The van der Waals surface area contributed by atoms with Gasteiger partial charge >= 0.3 is 0 Å². The number of hydrogen-bond donors (Lipinski definition) is 2. The van der Waals surface area contributed by atoms with Crippen LogP contribution in [0, 0.1) is 13.8 Å². The van der Waals surface area contributed by atoms with Crippen molar-refractivity contribution in [2.24, 2.45) is 0 Å². The normalized spacial score (nSPS) is 16.6. The van der Waals surface area contributed by atoms with Crippen LogP contribution in [0.5, 0.6) is 0 Å². The van der Waals surface area contributed by atoms with Gasteiger partial charge in [-0.25, -0.2) is 4.98 Å². The Balaban J connectivity index is 1.85. The van der Waals surface area contributed by atoms with Gasteiger partial charge in [-0.05, 0) is 58.3 Å². The van der Waals surface area contributed by atoms with Crippen LogP contribution in [-0.4, -0.2) is 28.5 Å². The lowest BCUT2D eigenvalue weighted by molar-refractivity contribution is 0.0936. The van der Waals surface area contributed by atoms with Gasteiger partial charge in [0.25, 0.3) is 11.5 Å². The molecule has 0 bridgehead atoms. The number of amides is 1. The molecule has 0 aromatic carbocycles. The van der Waals surface area contributed by atoms with Gasteiger partial charge in [-0.2, -0.15) is 0 Å². The first-order chi connectivity index (χ1) is 12.0. The van der Waals surface area contributed by atoms with E-state index in [1.807, 2.05) is 31.5 Å². The number of carbonyl (C=O) groups excluding carboxylic acids is 1. The van der Waals surface area contributed by atoms with Crippen molar-refractivity contribution in [3.05, 3.63) is 49.8 Å². The third-order valence-corrected chi connectivity index (χ3v) is 5.76. The summed E-state index contributed by atoms with van der Waals surface area (Å²) in [5.41, 5.74) is 1.67. The quantitative estimate of drug-likeness (QED) is 0.877. The van der Waals surface area contributed by atoms with Gasteiger partial charge < -0.3 is 15.2 Å².